The predicted octanol–water partition coefficient (Wildman–Crippen LogP) is 1.45. The summed E-state index contributed by atoms with van der Waals surface area (Å²) in [5, 5.41) is 13.5. The number of carbonyl (C=O) groups is 1. The van der Waals surface area contributed by atoms with Gasteiger partial charge in [0.2, 0.25) is 0 Å². The summed E-state index contributed by atoms with van der Waals surface area (Å²) in [6.07, 6.45) is 0. The third kappa shape index (κ3) is 3.75. The minimum atomic E-state index is -0.185. The highest BCUT2D eigenvalue weighted by atomic mass is 35.5. The molecule has 16 heavy (non-hydrogen) atoms. The molecule has 1 heterocycles. The Balaban J connectivity index is 2.33. The molecule has 1 aromatic rings. The van der Waals surface area contributed by atoms with E-state index in [1.54, 1.807) is 0 Å². The fourth-order valence-corrected chi connectivity index (χ4v) is 2.26. The van der Waals surface area contributed by atoms with E-state index in [0.29, 0.717) is 23.1 Å². The average molecular weight is 264 g/mol. The zero-order valence-corrected chi connectivity index (χ0v) is 10.5. The molecule has 0 atom stereocenters. The number of nitrogens with one attached hydrogen (secondary N) is 1. The Morgan fingerprint density at radius 1 is 1.62 bits per heavy atom. The van der Waals surface area contributed by atoms with Crippen LogP contribution in [0.1, 0.15) is 15.2 Å². The normalized spacial score (nSPS) is 10.4. The van der Waals surface area contributed by atoms with Crippen LogP contribution in [0, 0.1) is 6.92 Å². The van der Waals surface area contributed by atoms with Crippen molar-refractivity contribution in [3.8, 4) is 0 Å². The third-order valence-electron chi connectivity index (χ3n) is 1.87. The lowest BCUT2D eigenvalue weighted by molar-refractivity contribution is 0.0840. The van der Waals surface area contributed by atoms with Gasteiger partial charge in [-0.15, -0.1) is 11.3 Å². The van der Waals surface area contributed by atoms with Gasteiger partial charge in [0.1, 0.15) is 4.88 Å². The number of aliphatic hydroxyl groups excluding tert-OH is 1. The van der Waals surface area contributed by atoms with Gasteiger partial charge in [0.15, 0.2) is 0 Å². The summed E-state index contributed by atoms with van der Waals surface area (Å²) >= 11 is 7.28. The van der Waals surface area contributed by atoms with E-state index in [2.05, 4.69) is 5.32 Å². The highest BCUT2D eigenvalue weighted by molar-refractivity contribution is 7.13. The molecule has 1 aromatic heterocycles. The average Bonchev–Trinajstić information content (AvgIpc) is 2.59. The van der Waals surface area contributed by atoms with E-state index in [1.807, 2.05) is 12.3 Å². The first-order chi connectivity index (χ1) is 7.66. The Morgan fingerprint density at radius 3 is 2.94 bits per heavy atom. The van der Waals surface area contributed by atoms with Crippen molar-refractivity contribution in [3.63, 3.8) is 0 Å². The summed E-state index contributed by atoms with van der Waals surface area (Å²) in [6, 6.07) is 0. The molecule has 2 N–H and O–H groups in total. The fraction of sp³-hybridized carbons (Fsp3) is 0.500. The molecule has 0 spiro atoms. The first-order valence-corrected chi connectivity index (χ1v) is 6.13. The number of aryl methyl sites for hydroxylation is 1. The number of amides is 1. The predicted molar refractivity (Wildman–Crippen MR) is 64.3 cm³/mol. The van der Waals surface area contributed by atoms with E-state index in [4.69, 9.17) is 21.4 Å². The van der Waals surface area contributed by atoms with Gasteiger partial charge in [-0.25, -0.2) is 0 Å². The largest absolute Gasteiger partial charge is 0.394 e. The number of rotatable bonds is 6. The Bertz CT molecular complexity index is 354. The lowest BCUT2D eigenvalue weighted by Crippen LogP contribution is -2.27. The summed E-state index contributed by atoms with van der Waals surface area (Å²) in [5.74, 6) is -0.185. The van der Waals surface area contributed by atoms with Crippen LogP contribution in [0.5, 0.6) is 0 Å². The van der Waals surface area contributed by atoms with Crippen molar-refractivity contribution in [3.05, 3.63) is 20.8 Å². The number of ether oxygens (including phenoxy) is 1. The van der Waals surface area contributed by atoms with Gasteiger partial charge in [-0.1, -0.05) is 11.6 Å². The highest BCUT2D eigenvalue weighted by Crippen LogP contribution is 2.26. The molecule has 0 unspecified atom stereocenters. The van der Waals surface area contributed by atoms with E-state index in [1.165, 1.54) is 11.3 Å². The number of halogens is 1. The van der Waals surface area contributed by atoms with Crippen LogP contribution < -0.4 is 5.32 Å². The maximum Gasteiger partial charge on any atom is 0.262 e. The number of thiophene rings is 1. The molecule has 4 nitrogen and oxygen atoms in total. The molecule has 0 saturated heterocycles. The summed E-state index contributed by atoms with van der Waals surface area (Å²) in [4.78, 5) is 12.2. The van der Waals surface area contributed by atoms with Crippen molar-refractivity contribution < 1.29 is 14.6 Å². The van der Waals surface area contributed by atoms with Gasteiger partial charge in [-0.3, -0.25) is 4.79 Å². The SMILES string of the molecule is Cc1csc(C(=O)NCCOCCO)c1Cl. The highest BCUT2D eigenvalue weighted by Gasteiger charge is 2.13. The zero-order chi connectivity index (χ0) is 12.0. The van der Waals surface area contributed by atoms with Crippen molar-refractivity contribution in [2.75, 3.05) is 26.4 Å². The first-order valence-electron chi connectivity index (χ1n) is 4.87. The molecule has 90 valence electrons. The van der Waals surface area contributed by atoms with Crippen LogP contribution in [0.3, 0.4) is 0 Å². The minimum Gasteiger partial charge on any atom is -0.394 e. The van der Waals surface area contributed by atoms with E-state index < -0.39 is 0 Å². The monoisotopic (exact) mass is 263 g/mol. The van der Waals surface area contributed by atoms with Gasteiger partial charge in [-0.05, 0) is 17.9 Å². The van der Waals surface area contributed by atoms with Crippen molar-refractivity contribution in [2.45, 2.75) is 6.92 Å². The van der Waals surface area contributed by atoms with Crippen LogP contribution in [0.25, 0.3) is 0 Å². The standard InChI is InChI=1S/C10H14ClNO3S/c1-7-6-16-9(8(7)11)10(14)12-2-4-15-5-3-13/h6,13H,2-5H2,1H3,(H,12,14). The van der Waals surface area contributed by atoms with Crippen molar-refractivity contribution in [1.29, 1.82) is 0 Å². The Labute approximate surface area is 103 Å². The van der Waals surface area contributed by atoms with E-state index in [9.17, 15) is 4.79 Å². The van der Waals surface area contributed by atoms with Gasteiger partial charge in [0.25, 0.3) is 5.91 Å². The van der Waals surface area contributed by atoms with Crippen molar-refractivity contribution >= 4 is 28.8 Å². The molecule has 0 fully saturated rings. The number of carbonyl (C=O) groups excluding carboxylic acids is 1. The van der Waals surface area contributed by atoms with Gasteiger partial charge in [0, 0.05) is 6.54 Å². The lowest BCUT2D eigenvalue weighted by atomic mass is 10.3. The van der Waals surface area contributed by atoms with Crippen LogP contribution in [-0.2, 0) is 4.74 Å². The molecular formula is C10H14ClNO3S. The molecule has 1 rings (SSSR count). The van der Waals surface area contributed by atoms with Gasteiger partial charge in [-0.2, -0.15) is 0 Å². The van der Waals surface area contributed by atoms with Crippen LogP contribution in [0.2, 0.25) is 5.02 Å². The second-order valence-corrected chi connectivity index (χ2v) is 4.41. The van der Waals surface area contributed by atoms with Gasteiger partial charge >= 0.3 is 0 Å². The second-order valence-electron chi connectivity index (χ2n) is 3.15. The maximum atomic E-state index is 11.6. The summed E-state index contributed by atoms with van der Waals surface area (Å²) < 4.78 is 5.01. The molecule has 0 aromatic carbocycles. The van der Waals surface area contributed by atoms with Crippen LogP contribution >= 0.6 is 22.9 Å². The topological polar surface area (TPSA) is 58.6 Å². The van der Waals surface area contributed by atoms with E-state index in [0.717, 1.165) is 5.56 Å². The summed E-state index contributed by atoms with van der Waals surface area (Å²) in [5.41, 5.74) is 0.911. The molecule has 0 aliphatic carbocycles. The fourth-order valence-electron chi connectivity index (χ4n) is 1.07. The molecule has 0 bridgehead atoms. The second kappa shape index (κ2) is 6.85. The quantitative estimate of drug-likeness (QED) is 0.764. The van der Waals surface area contributed by atoms with E-state index in [-0.39, 0.29) is 19.1 Å². The van der Waals surface area contributed by atoms with Gasteiger partial charge in [0.05, 0.1) is 24.8 Å². The van der Waals surface area contributed by atoms with Gasteiger partial charge < -0.3 is 15.2 Å². The minimum absolute atomic E-state index is 0.0100. The van der Waals surface area contributed by atoms with Crippen molar-refractivity contribution in [2.24, 2.45) is 0 Å². The lowest BCUT2D eigenvalue weighted by Gasteiger charge is -2.04. The third-order valence-corrected chi connectivity index (χ3v) is 3.57. The summed E-state index contributed by atoms with van der Waals surface area (Å²) in [6.45, 7) is 2.93. The Hall–Kier alpha value is -0.620. The summed E-state index contributed by atoms with van der Waals surface area (Å²) in [7, 11) is 0. The molecule has 0 saturated carbocycles. The maximum absolute atomic E-state index is 11.6. The number of hydrogen-bond acceptors (Lipinski definition) is 4. The van der Waals surface area contributed by atoms with E-state index >= 15 is 0 Å². The molecule has 0 aliphatic heterocycles. The van der Waals surface area contributed by atoms with Crippen LogP contribution in [0.4, 0.5) is 0 Å². The molecule has 1 amide bonds. The Morgan fingerprint density at radius 2 is 2.38 bits per heavy atom. The number of aliphatic hydroxyl groups is 1. The van der Waals surface area contributed by atoms with Crippen molar-refractivity contribution in [1.82, 2.24) is 5.32 Å². The molecular weight excluding hydrogens is 250 g/mol. The molecule has 6 heteroatoms. The smallest absolute Gasteiger partial charge is 0.262 e. The zero-order valence-electron chi connectivity index (χ0n) is 8.96. The first kappa shape index (κ1) is 13.4. The van der Waals surface area contributed by atoms with Crippen LogP contribution in [-0.4, -0.2) is 37.4 Å². The molecule has 0 aliphatic rings. The number of hydrogen-bond donors (Lipinski definition) is 2. The Kier molecular flexibility index (Phi) is 5.76. The van der Waals surface area contributed by atoms with Crippen LogP contribution in [0.15, 0.2) is 5.38 Å². The molecule has 0 radical (unpaired) electrons.